The molecule has 0 bridgehead atoms. The second-order valence-corrected chi connectivity index (χ2v) is 7.04. The van der Waals surface area contributed by atoms with Gasteiger partial charge in [0.2, 0.25) is 0 Å². The molecule has 8 heteroatoms. The van der Waals surface area contributed by atoms with Gasteiger partial charge in [-0.25, -0.2) is 14.8 Å². The average molecular weight is 346 g/mol. The molecule has 0 aliphatic carbocycles. The van der Waals surface area contributed by atoms with Gasteiger partial charge >= 0.3 is 6.09 Å². The normalized spacial score (nSPS) is 20.6. The summed E-state index contributed by atoms with van der Waals surface area (Å²) in [7, 11) is 1.61. The van der Waals surface area contributed by atoms with Gasteiger partial charge in [0.25, 0.3) is 0 Å². The van der Waals surface area contributed by atoms with Crippen molar-refractivity contribution in [1.29, 1.82) is 0 Å². The first-order valence-electron chi connectivity index (χ1n) is 8.19. The molecular formula is C17H22N4O4. The van der Waals surface area contributed by atoms with Gasteiger partial charge in [0, 0.05) is 13.2 Å². The van der Waals surface area contributed by atoms with Crippen molar-refractivity contribution < 1.29 is 19.1 Å². The third-order valence-electron chi connectivity index (χ3n) is 3.97. The number of anilines is 1. The van der Waals surface area contributed by atoms with E-state index < -0.39 is 11.7 Å². The summed E-state index contributed by atoms with van der Waals surface area (Å²) in [6.45, 7) is 5.43. The van der Waals surface area contributed by atoms with Crippen LogP contribution in [0.2, 0.25) is 0 Å². The van der Waals surface area contributed by atoms with Crippen molar-refractivity contribution in [3.05, 3.63) is 18.6 Å². The second kappa shape index (κ2) is 6.44. The van der Waals surface area contributed by atoms with Gasteiger partial charge in [0.1, 0.15) is 36.2 Å². The van der Waals surface area contributed by atoms with Crippen LogP contribution in [0.3, 0.4) is 0 Å². The number of carbonyl (C=O) groups is 2. The van der Waals surface area contributed by atoms with E-state index in [1.165, 1.54) is 11.2 Å². The van der Waals surface area contributed by atoms with E-state index >= 15 is 0 Å². The molecule has 2 atom stereocenters. The number of fused-ring (bicyclic) bond motifs is 1. The number of carbonyl (C=O) groups excluding carboxylic acids is 2. The first-order valence-corrected chi connectivity index (χ1v) is 8.19. The zero-order valence-corrected chi connectivity index (χ0v) is 14.8. The van der Waals surface area contributed by atoms with E-state index in [-0.39, 0.29) is 12.3 Å². The molecule has 0 spiro atoms. The molecule has 1 aliphatic rings. The number of aromatic nitrogens is 3. The molecule has 2 aromatic rings. The topological polar surface area (TPSA) is 86.6 Å². The summed E-state index contributed by atoms with van der Waals surface area (Å²) in [5.41, 5.74) is 0.0577. The molecule has 0 aromatic carbocycles. The quantitative estimate of drug-likeness (QED) is 0.794. The van der Waals surface area contributed by atoms with Gasteiger partial charge in [-0.15, -0.1) is 0 Å². The van der Waals surface area contributed by atoms with Crippen molar-refractivity contribution >= 4 is 29.2 Å². The maximum atomic E-state index is 12.3. The largest absolute Gasteiger partial charge is 0.443 e. The van der Waals surface area contributed by atoms with Crippen molar-refractivity contribution in [3.63, 3.8) is 0 Å². The highest BCUT2D eigenvalue weighted by molar-refractivity contribution is 5.97. The van der Waals surface area contributed by atoms with Crippen LogP contribution in [0.25, 0.3) is 11.0 Å². The predicted molar refractivity (Wildman–Crippen MR) is 91.4 cm³/mol. The third-order valence-corrected chi connectivity index (χ3v) is 3.97. The SMILES string of the molecule is CN(C(=O)OC(C)(C)C)c1ncnc2c1ccn2C1CCC(C=O)O1. The van der Waals surface area contributed by atoms with Crippen LogP contribution in [0.15, 0.2) is 18.6 Å². The van der Waals surface area contributed by atoms with E-state index in [0.717, 1.165) is 12.7 Å². The molecule has 1 aliphatic heterocycles. The molecule has 2 aromatic heterocycles. The van der Waals surface area contributed by atoms with Gasteiger partial charge in [0.15, 0.2) is 5.82 Å². The minimum Gasteiger partial charge on any atom is -0.443 e. The van der Waals surface area contributed by atoms with Gasteiger partial charge in [-0.05, 0) is 39.7 Å². The fourth-order valence-corrected chi connectivity index (χ4v) is 2.82. The lowest BCUT2D eigenvalue weighted by Gasteiger charge is -2.24. The maximum absolute atomic E-state index is 12.3. The summed E-state index contributed by atoms with van der Waals surface area (Å²) in [5.74, 6) is 0.461. The monoisotopic (exact) mass is 346 g/mol. The molecule has 1 saturated heterocycles. The highest BCUT2D eigenvalue weighted by Gasteiger charge is 2.28. The Morgan fingerprint density at radius 2 is 2.16 bits per heavy atom. The van der Waals surface area contributed by atoms with E-state index in [1.807, 2.05) is 37.6 Å². The summed E-state index contributed by atoms with van der Waals surface area (Å²) < 4.78 is 13.0. The van der Waals surface area contributed by atoms with Gasteiger partial charge in [-0.3, -0.25) is 4.90 Å². The van der Waals surface area contributed by atoms with Crippen molar-refractivity contribution in [2.75, 3.05) is 11.9 Å². The van der Waals surface area contributed by atoms with E-state index in [1.54, 1.807) is 7.05 Å². The van der Waals surface area contributed by atoms with Gasteiger partial charge in [0.05, 0.1) is 5.39 Å². The van der Waals surface area contributed by atoms with Crippen LogP contribution in [0, 0.1) is 0 Å². The summed E-state index contributed by atoms with van der Waals surface area (Å²) >= 11 is 0. The predicted octanol–water partition coefficient (Wildman–Crippen LogP) is 2.68. The summed E-state index contributed by atoms with van der Waals surface area (Å²) in [5, 5.41) is 0.717. The number of amides is 1. The molecule has 0 N–H and O–H groups in total. The van der Waals surface area contributed by atoms with E-state index in [0.29, 0.717) is 23.3 Å². The minimum absolute atomic E-state index is 0.248. The molecule has 1 amide bonds. The second-order valence-electron chi connectivity index (χ2n) is 7.04. The maximum Gasteiger partial charge on any atom is 0.415 e. The molecule has 134 valence electrons. The lowest BCUT2D eigenvalue weighted by atomic mass is 10.2. The molecule has 0 saturated carbocycles. The molecule has 2 unspecified atom stereocenters. The summed E-state index contributed by atoms with van der Waals surface area (Å²) in [6, 6.07) is 1.84. The minimum atomic E-state index is -0.592. The number of aldehydes is 1. The smallest absolute Gasteiger partial charge is 0.415 e. The first-order chi connectivity index (χ1) is 11.8. The van der Waals surface area contributed by atoms with Crippen molar-refractivity contribution in [3.8, 4) is 0 Å². The van der Waals surface area contributed by atoms with Crippen LogP contribution in [-0.2, 0) is 14.3 Å². The van der Waals surface area contributed by atoms with Crippen LogP contribution in [0.4, 0.5) is 10.6 Å². The molecule has 3 rings (SSSR count). The van der Waals surface area contributed by atoms with E-state index in [4.69, 9.17) is 9.47 Å². The van der Waals surface area contributed by atoms with Gasteiger partial charge in [-0.2, -0.15) is 0 Å². The molecule has 25 heavy (non-hydrogen) atoms. The third kappa shape index (κ3) is 3.48. The Kier molecular flexibility index (Phi) is 4.47. The molecule has 1 fully saturated rings. The van der Waals surface area contributed by atoms with Crippen LogP contribution >= 0.6 is 0 Å². The number of nitrogens with zero attached hydrogens (tertiary/aromatic N) is 4. The Hall–Kier alpha value is -2.48. The number of ether oxygens (including phenoxy) is 2. The van der Waals surface area contributed by atoms with Crippen molar-refractivity contribution in [2.45, 2.75) is 51.5 Å². The Morgan fingerprint density at radius 1 is 1.40 bits per heavy atom. The van der Waals surface area contributed by atoms with Crippen molar-refractivity contribution in [1.82, 2.24) is 14.5 Å². The lowest BCUT2D eigenvalue weighted by Crippen LogP contribution is -2.34. The van der Waals surface area contributed by atoms with Gasteiger partial charge in [-0.1, -0.05) is 0 Å². The summed E-state index contributed by atoms with van der Waals surface area (Å²) in [4.78, 5) is 33.1. The number of rotatable bonds is 3. The molecular weight excluding hydrogens is 324 g/mol. The van der Waals surface area contributed by atoms with Crippen LogP contribution in [0.1, 0.15) is 39.8 Å². The fourth-order valence-electron chi connectivity index (χ4n) is 2.82. The van der Waals surface area contributed by atoms with E-state index in [9.17, 15) is 9.59 Å². The standard InChI is InChI=1S/C17H22N4O4/c1-17(2,3)25-16(23)20(4)14-12-7-8-21(15(12)19-10-18-14)13-6-5-11(9-22)24-13/h7-11,13H,5-6H2,1-4H3. The Bertz CT molecular complexity index is 796. The Balaban J connectivity index is 1.91. The fraction of sp³-hybridized carbons (Fsp3) is 0.529. The lowest BCUT2D eigenvalue weighted by molar-refractivity contribution is -0.119. The number of hydrogen-bond acceptors (Lipinski definition) is 6. The average Bonchev–Trinajstić information content (AvgIpc) is 3.18. The molecule has 8 nitrogen and oxygen atoms in total. The molecule has 3 heterocycles. The van der Waals surface area contributed by atoms with Crippen molar-refractivity contribution in [2.24, 2.45) is 0 Å². The highest BCUT2D eigenvalue weighted by atomic mass is 16.6. The van der Waals surface area contributed by atoms with E-state index in [2.05, 4.69) is 9.97 Å². The highest BCUT2D eigenvalue weighted by Crippen LogP contribution is 2.32. The van der Waals surface area contributed by atoms with Crippen LogP contribution in [0.5, 0.6) is 0 Å². The first kappa shape index (κ1) is 17.3. The number of hydrogen-bond donors (Lipinski definition) is 0. The van der Waals surface area contributed by atoms with Crippen LogP contribution in [-0.4, -0.2) is 45.7 Å². The van der Waals surface area contributed by atoms with Gasteiger partial charge < -0.3 is 18.8 Å². The van der Waals surface area contributed by atoms with Crippen LogP contribution < -0.4 is 4.90 Å². The summed E-state index contributed by atoms with van der Waals surface area (Å²) in [6.07, 6.45) is 4.36. The molecule has 0 radical (unpaired) electrons. The Morgan fingerprint density at radius 3 is 2.80 bits per heavy atom. The zero-order chi connectivity index (χ0) is 18.2. The Labute approximate surface area is 145 Å². The zero-order valence-electron chi connectivity index (χ0n) is 14.8.